The second-order valence-corrected chi connectivity index (χ2v) is 2.58. The second-order valence-electron chi connectivity index (χ2n) is 2.15. The Balaban J connectivity index is 2.99. The van der Waals surface area contributed by atoms with E-state index in [1.165, 1.54) is 0 Å². The van der Waals surface area contributed by atoms with Crippen LogP contribution in [0.4, 0.5) is 4.79 Å². The Morgan fingerprint density at radius 3 is 2.77 bits per heavy atom. The van der Waals surface area contributed by atoms with Crippen molar-refractivity contribution in [2.45, 2.75) is 5.38 Å². The fraction of sp³-hybridized carbons (Fsp3) is 0.333. The highest BCUT2D eigenvalue weighted by molar-refractivity contribution is 6.58. The van der Waals surface area contributed by atoms with Crippen molar-refractivity contribution in [3.8, 4) is 0 Å². The zero-order valence-corrected chi connectivity index (χ0v) is 7.29. The summed E-state index contributed by atoms with van der Waals surface area (Å²) in [5.41, 5.74) is -0.391. The maximum absolute atomic E-state index is 10.9. The summed E-state index contributed by atoms with van der Waals surface area (Å²) in [7, 11) is 1.10. The molecule has 1 atom stereocenters. The molecular formula is C6H5ClN2O4. The van der Waals surface area contributed by atoms with Gasteiger partial charge < -0.3 is 4.74 Å². The fourth-order valence-electron chi connectivity index (χ4n) is 0.741. The summed E-state index contributed by atoms with van der Waals surface area (Å²) in [6.45, 7) is 0. The van der Waals surface area contributed by atoms with Crippen molar-refractivity contribution in [2.24, 2.45) is 4.99 Å². The summed E-state index contributed by atoms with van der Waals surface area (Å²) >= 11 is 5.48. The lowest BCUT2D eigenvalue weighted by atomic mass is 10.2. The SMILES string of the molecule is COC(=O)C1=NC(=O)NC(=O)C1Cl. The summed E-state index contributed by atoms with van der Waals surface area (Å²) in [6, 6.07) is -0.915. The maximum Gasteiger partial charge on any atom is 0.354 e. The van der Waals surface area contributed by atoms with Gasteiger partial charge in [-0.25, -0.2) is 9.59 Å². The van der Waals surface area contributed by atoms with Gasteiger partial charge in [0.2, 0.25) is 0 Å². The number of hydrogen-bond donors (Lipinski definition) is 1. The Morgan fingerprint density at radius 1 is 1.62 bits per heavy atom. The van der Waals surface area contributed by atoms with E-state index in [-0.39, 0.29) is 0 Å². The maximum atomic E-state index is 10.9. The van der Waals surface area contributed by atoms with Gasteiger partial charge in [-0.2, -0.15) is 4.99 Å². The number of urea groups is 1. The number of esters is 1. The van der Waals surface area contributed by atoms with Gasteiger partial charge in [-0.05, 0) is 0 Å². The van der Waals surface area contributed by atoms with Crippen LogP contribution >= 0.6 is 11.6 Å². The quantitative estimate of drug-likeness (QED) is 0.459. The third kappa shape index (κ3) is 1.83. The van der Waals surface area contributed by atoms with Crippen LogP contribution in [0.2, 0.25) is 0 Å². The van der Waals surface area contributed by atoms with E-state index >= 15 is 0 Å². The second kappa shape index (κ2) is 3.53. The van der Waals surface area contributed by atoms with Gasteiger partial charge >= 0.3 is 12.0 Å². The molecule has 0 saturated carbocycles. The topological polar surface area (TPSA) is 84.8 Å². The third-order valence-electron chi connectivity index (χ3n) is 1.32. The monoisotopic (exact) mass is 204 g/mol. The molecule has 1 N–H and O–H groups in total. The molecule has 0 aliphatic carbocycles. The number of halogens is 1. The van der Waals surface area contributed by atoms with Gasteiger partial charge in [0.05, 0.1) is 7.11 Å². The molecule has 0 saturated heterocycles. The molecule has 0 aromatic heterocycles. The molecule has 0 bridgehead atoms. The number of nitrogens with one attached hydrogen (secondary N) is 1. The zero-order valence-electron chi connectivity index (χ0n) is 6.54. The van der Waals surface area contributed by atoms with E-state index < -0.39 is 29.0 Å². The number of alkyl halides is 1. The molecule has 7 heteroatoms. The number of ether oxygens (including phenoxy) is 1. The minimum atomic E-state index is -1.27. The highest BCUT2D eigenvalue weighted by atomic mass is 35.5. The van der Waals surface area contributed by atoms with E-state index in [9.17, 15) is 14.4 Å². The molecule has 13 heavy (non-hydrogen) atoms. The summed E-state index contributed by atoms with van der Waals surface area (Å²) in [5.74, 6) is -1.66. The summed E-state index contributed by atoms with van der Waals surface area (Å²) in [6.07, 6.45) is 0. The van der Waals surface area contributed by atoms with E-state index in [0.29, 0.717) is 0 Å². The first-order valence-electron chi connectivity index (χ1n) is 3.22. The van der Waals surface area contributed by atoms with Crippen LogP contribution in [0.5, 0.6) is 0 Å². The molecule has 3 amide bonds. The summed E-state index contributed by atoms with van der Waals surface area (Å²) in [5, 5.41) is 0.560. The Bertz CT molecular complexity index is 312. The predicted molar refractivity (Wildman–Crippen MR) is 42.6 cm³/mol. The normalized spacial score (nSPS) is 22.0. The number of aliphatic imine (C=N–C) groups is 1. The van der Waals surface area contributed by atoms with Crippen LogP contribution in [0.25, 0.3) is 0 Å². The highest BCUT2D eigenvalue weighted by Gasteiger charge is 2.33. The minimum absolute atomic E-state index is 0.391. The molecule has 1 aliphatic heterocycles. The predicted octanol–water partition coefficient (Wildman–Crippen LogP) is -0.542. The van der Waals surface area contributed by atoms with E-state index in [4.69, 9.17) is 11.6 Å². The first kappa shape index (κ1) is 9.66. The number of amides is 3. The molecule has 0 aromatic carbocycles. The Morgan fingerprint density at radius 2 is 2.23 bits per heavy atom. The van der Waals surface area contributed by atoms with Crippen LogP contribution in [0, 0.1) is 0 Å². The fourth-order valence-corrected chi connectivity index (χ4v) is 0.933. The van der Waals surface area contributed by atoms with Gasteiger partial charge in [-0.15, -0.1) is 11.6 Å². The van der Waals surface area contributed by atoms with Crippen molar-refractivity contribution in [1.82, 2.24) is 5.32 Å². The number of carbonyl (C=O) groups is 3. The molecule has 0 spiro atoms. The molecule has 1 unspecified atom stereocenters. The number of hydrogen-bond acceptors (Lipinski definition) is 4. The van der Waals surface area contributed by atoms with Gasteiger partial charge in [-0.1, -0.05) is 0 Å². The van der Waals surface area contributed by atoms with Gasteiger partial charge in [0.1, 0.15) is 0 Å². The van der Waals surface area contributed by atoms with Crippen molar-refractivity contribution >= 4 is 35.2 Å². The largest absolute Gasteiger partial charge is 0.464 e. The molecular weight excluding hydrogens is 200 g/mol. The number of rotatable bonds is 1. The van der Waals surface area contributed by atoms with E-state index in [2.05, 4.69) is 9.73 Å². The third-order valence-corrected chi connectivity index (χ3v) is 1.72. The smallest absolute Gasteiger partial charge is 0.354 e. The van der Waals surface area contributed by atoms with Crippen molar-refractivity contribution in [2.75, 3.05) is 7.11 Å². The molecule has 0 radical (unpaired) electrons. The number of imide groups is 1. The van der Waals surface area contributed by atoms with Crippen LogP contribution in [0.1, 0.15) is 0 Å². The Kier molecular flexibility index (Phi) is 2.62. The molecule has 1 heterocycles. The van der Waals surface area contributed by atoms with Gasteiger partial charge in [0.25, 0.3) is 5.91 Å². The lowest BCUT2D eigenvalue weighted by Crippen LogP contribution is -2.47. The molecule has 0 aromatic rings. The van der Waals surface area contributed by atoms with Crippen LogP contribution in [0.3, 0.4) is 0 Å². The summed E-state index contributed by atoms with van der Waals surface area (Å²) < 4.78 is 4.27. The Labute approximate surface area is 77.9 Å². The first-order valence-corrected chi connectivity index (χ1v) is 3.65. The van der Waals surface area contributed by atoms with Crippen LogP contribution in [0.15, 0.2) is 4.99 Å². The van der Waals surface area contributed by atoms with Crippen LogP contribution in [-0.2, 0) is 14.3 Å². The molecule has 70 valence electrons. The lowest BCUT2D eigenvalue weighted by Gasteiger charge is -2.14. The van der Waals surface area contributed by atoms with Crippen molar-refractivity contribution < 1.29 is 19.1 Å². The first-order chi connectivity index (χ1) is 6.06. The van der Waals surface area contributed by atoms with E-state index in [1.807, 2.05) is 5.32 Å². The van der Waals surface area contributed by atoms with E-state index in [1.54, 1.807) is 0 Å². The van der Waals surface area contributed by atoms with Crippen LogP contribution < -0.4 is 5.32 Å². The molecule has 1 aliphatic rings. The lowest BCUT2D eigenvalue weighted by molar-refractivity contribution is -0.133. The summed E-state index contributed by atoms with van der Waals surface area (Å²) in [4.78, 5) is 35.7. The average molecular weight is 205 g/mol. The highest BCUT2D eigenvalue weighted by Crippen LogP contribution is 2.06. The van der Waals surface area contributed by atoms with Gasteiger partial charge in [-0.3, -0.25) is 10.1 Å². The van der Waals surface area contributed by atoms with Gasteiger partial charge in [0, 0.05) is 0 Å². The van der Waals surface area contributed by atoms with E-state index in [0.717, 1.165) is 7.11 Å². The minimum Gasteiger partial charge on any atom is -0.464 e. The standard InChI is InChI=1S/C6H5ClN2O4/c1-13-5(11)3-2(7)4(10)9-6(12)8-3/h2H,1H3,(H,9,10,12). The number of nitrogens with zero attached hydrogens (tertiary/aromatic N) is 1. The van der Waals surface area contributed by atoms with Crippen molar-refractivity contribution in [1.29, 1.82) is 0 Å². The van der Waals surface area contributed by atoms with Crippen molar-refractivity contribution in [3.63, 3.8) is 0 Å². The van der Waals surface area contributed by atoms with Gasteiger partial charge in [0.15, 0.2) is 11.1 Å². The molecule has 6 nitrogen and oxygen atoms in total. The number of methoxy groups -OCH3 is 1. The average Bonchev–Trinajstić information content (AvgIpc) is 2.10. The number of carbonyl (C=O) groups excluding carboxylic acids is 3. The Hall–Kier alpha value is -1.43. The molecule has 0 fully saturated rings. The van der Waals surface area contributed by atoms with Crippen molar-refractivity contribution in [3.05, 3.63) is 0 Å². The van der Waals surface area contributed by atoms with Crippen LogP contribution in [-0.4, -0.2) is 36.1 Å². The zero-order chi connectivity index (χ0) is 10.0. The molecule has 1 rings (SSSR count).